The predicted molar refractivity (Wildman–Crippen MR) is 63.2 cm³/mol. The summed E-state index contributed by atoms with van der Waals surface area (Å²) >= 11 is 0. The lowest BCUT2D eigenvalue weighted by Crippen LogP contribution is -2.23. The van der Waals surface area contributed by atoms with Gasteiger partial charge in [-0.25, -0.2) is 0 Å². The van der Waals surface area contributed by atoms with Crippen LogP contribution in [-0.2, 0) is 4.74 Å². The third kappa shape index (κ3) is 3.18. The van der Waals surface area contributed by atoms with E-state index in [4.69, 9.17) is 16.2 Å². The van der Waals surface area contributed by atoms with Crippen LogP contribution in [0.1, 0.15) is 18.6 Å². The van der Waals surface area contributed by atoms with E-state index in [2.05, 4.69) is 0 Å². The van der Waals surface area contributed by atoms with Crippen LogP contribution in [0, 0.1) is 10.1 Å². The van der Waals surface area contributed by atoms with Crippen LogP contribution in [0.25, 0.3) is 0 Å². The molecule has 17 heavy (non-hydrogen) atoms. The zero-order valence-electron chi connectivity index (χ0n) is 9.50. The number of nitrogens with two attached hydrogens (primary N) is 2. The standard InChI is InChI=1S/C11H15N3O3/c1-2-17-10(8-6-4-3-5-7-8)9(11(12)13)14(15)16/h3-7,10H,2,12-13H2,1H3. The van der Waals surface area contributed by atoms with Crippen molar-refractivity contribution in [2.75, 3.05) is 6.61 Å². The largest absolute Gasteiger partial charge is 0.380 e. The average molecular weight is 237 g/mol. The molecule has 1 aromatic rings. The molecule has 0 spiro atoms. The van der Waals surface area contributed by atoms with Crippen LogP contribution in [0.15, 0.2) is 41.8 Å². The van der Waals surface area contributed by atoms with Crippen LogP contribution < -0.4 is 11.5 Å². The molecular formula is C11H15N3O3. The summed E-state index contributed by atoms with van der Waals surface area (Å²) in [6, 6.07) is 8.81. The summed E-state index contributed by atoms with van der Waals surface area (Å²) in [4.78, 5) is 10.3. The molecule has 0 aliphatic carbocycles. The Labute approximate surface area is 99.0 Å². The van der Waals surface area contributed by atoms with Crippen molar-refractivity contribution in [1.29, 1.82) is 0 Å². The van der Waals surface area contributed by atoms with Gasteiger partial charge in [-0.05, 0) is 12.5 Å². The first-order valence-electron chi connectivity index (χ1n) is 5.14. The number of nitrogens with zero attached hydrogens (tertiary/aromatic N) is 1. The van der Waals surface area contributed by atoms with Crippen molar-refractivity contribution in [2.45, 2.75) is 13.0 Å². The van der Waals surface area contributed by atoms with Gasteiger partial charge in [-0.1, -0.05) is 30.3 Å². The maximum Gasteiger partial charge on any atom is 0.318 e. The number of nitro groups is 1. The number of benzene rings is 1. The molecule has 0 fully saturated rings. The lowest BCUT2D eigenvalue weighted by atomic mass is 10.1. The molecule has 1 unspecified atom stereocenters. The molecular weight excluding hydrogens is 222 g/mol. The Bertz CT molecular complexity index is 413. The summed E-state index contributed by atoms with van der Waals surface area (Å²) in [6.45, 7) is 2.07. The molecule has 1 rings (SSSR count). The minimum absolute atomic E-state index is 0.321. The van der Waals surface area contributed by atoms with Gasteiger partial charge in [0.05, 0.1) is 4.92 Å². The summed E-state index contributed by atoms with van der Waals surface area (Å²) in [6.07, 6.45) is -0.846. The van der Waals surface area contributed by atoms with Crippen molar-refractivity contribution in [3.8, 4) is 0 Å². The minimum atomic E-state index is -0.846. The molecule has 6 heteroatoms. The van der Waals surface area contributed by atoms with Crippen LogP contribution in [-0.4, -0.2) is 11.5 Å². The summed E-state index contributed by atoms with van der Waals surface area (Å²) in [5.74, 6) is -0.336. The monoisotopic (exact) mass is 237 g/mol. The molecule has 1 atom stereocenters. The summed E-state index contributed by atoms with van der Waals surface area (Å²) < 4.78 is 5.35. The lowest BCUT2D eigenvalue weighted by Gasteiger charge is -2.15. The van der Waals surface area contributed by atoms with Crippen molar-refractivity contribution >= 4 is 0 Å². The molecule has 0 bridgehead atoms. The van der Waals surface area contributed by atoms with E-state index in [1.807, 2.05) is 6.07 Å². The van der Waals surface area contributed by atoms with Gasteiger partial charge in [0.25, 0.3) is 0 Å². The van der Waals surface area contributed by atoms with Gasteiger partial charge in [0, 0.05) is 6.61 Å². The maximum absolute atomic E-state index is 10.9. The van der Waals surface area contributed by atoms with Crippen molar-refractivity contribution < 1.29 is 9.66 Å². The van der Waals surface area contributed by atoms with Gasteiger partial charge in [-0.3, -0.25) is 10.1 Å². The highest BCUT2D eigenvalue weighted by Gasteiger charge is 2.29. The quantitative estimate of drug-likeness (QED) is 0.590. The molecule has 6 nitrogen and oxygen atoms in total. The number of rotatable bonds is 5. The van der Waals surface area contributed by atoms with Gasteiger partial charge in [0.2, 0.25) is 0 Å². The third-order valence-corrected chi connectivity index (χ3v) is 2.18. The summed E-state index contributed by atoms with van der Waals surface area (Å²) in [5, 5.41) is 10.9. The first-order chi connectivity index (χ1) is 8.07. The highest BCUT2D eigenvalue weighted by molar-refractivity contribution is 5.24. The van der Waals surface area contributed by atoms with Crippen molar-refractivity contribution in [2.24, 2.45) is 11.5 Å². The van der Waals surface area contributed by atoms with Crippen LogP contribution in [0.4, 0.5) is 0 Å². The SMILES string of the molecule is CCOC(C(=C(N)N)[N+](=O)[O-])c1ccccc1. The molecule has 0 saturated heterocycles. The Balaban J connectivity index is 3.18. The highest BCUT2D eigenvalue weighted by Crippen LogP contribution is 2.26. The normalized spacial score (nSPS) is 11.8. The second-order valence-corrected chi connectivity index (χ2v) is 3.34. The van der Waals surface area contributed by atoms with Crippen molar-refractivity contribution in [3.63, 3.8) is 0 Å². The summed E-state index contributed by atoms with van der Waals surface area (Å²) in [7, 11) is 0. The van der Waals surface area contributed by atoms with Crippen LogP contribution in [0.2, 0.25) is 0 Å². The van der Waals surface area contributed by atoms with Gasteiger partial charge in [-0.2, -0.15) is 0 Å². The fraction of sp³-hybridized carbons (Fsp3) is 0.273. The topological polar surface area (TPSA) is 104 Å². The van der Waals surface area contributed by atoms with Crippen molar-refractivity contribution in [1.82, 2.24) is 0 Å². The smallest absolute Gasteiger partial charge is 0.318 e. The molecule has 4 N–H and O–H groups in total. The lowest BCUT2D eigenvalue weighted by molar-refractivity contribution is -0.439. The third-order valence-electron chi connectivity index (χ3n) is 2.18. The second-order valence-electron chi connectivity index (χ2n) is 3.34. The Morgan fingerprint density at radius 1 is 1.41 bits per heavy atom. The minimum Gasteiger partial charge on any atom is -0.380 e. The number of ether oxygens (including phenoxy) is 1. The molecule has 0 aliphatic heterocycles. The maximum atomic E-state index is 10.9. The fourth-order valence-electron chi connectivity index (χ4n) is 1.48. The van der Waals surface area contributed by atoms with Crippen LogP contribution in [0.5, 0.6) is 0 Å². The zero-order valence-corrected chi connectivity index (χ0v) is 9.50. The Hall–Kier alpha value is -2.08. The first-order valence-corrected chi connectivity index (χ1v) is 5.14. The van der Waals surface area contributed by atoms with Crippen LogP contribution in [0.3, 0.4) is 0 Å². The Morgan fingerprint density at radius 3 is 2.41 bits per heavy atom. The Kier molecular flexibility index (Phi) is 4.47. The Morgan fingerprint density at radius 2 is 2.00 bits per heavy atom. The van der Waals surface area contributed by atoms with Gasteiger partial charge >= 0.3 is 5.70 Å². The predicted octanol–water partition coefficient (Wildman–Crippen LogP) is 1.13. The zero-order chi connectivity index (χ0) is 12.8. The molecule has 0 aromatic heterocycles. The first kappa shape index (κ1) is 13.0. The highest BCUT2D eigenvalue weighted by atomic mass is 16.6. The summed E-state index contributed by atoms with van der Waals surface area (Å²) in [5.41, 5.74) is 11.0. The fourth-order valence-corrected chi connectivity index (χ4v) is 1.48. The average Bonchev–Trinajstić information content (AvgIpc) is 2.28. The van der Waals surface area contributed by atoms with Gasteiger partial charge < -0.3 is 16.2 Å². The molecule has 0 amide bonds. The van der Waals surface area contributed by atoms with E-state index < -0.39 is 11.0 Å². The molecule has 0 heterocycles. The van der Waals surface area contributed by atoms with E-state index in [1.54, 1.807) is 31.2 Å². The molecule has 0 saturated carbocycles. The molecule has 92 valence electrons. The van der Waals surface area contributed by atoms with Crippen LogP contribution >= 0.6 is 0 Å². The van der Waals surface area contributed by atoms with E-state index >= 15 is 0 Å². The number of hydrogen-bond donors (Lipinski definition) is 2. The molecule has 0 aliphatic rings. The second kappa shape index (κ2) is 5.86. The van der Waals surface area contributed by atoms with E-state index in [1.165, 1.54) is 0 Å². The molecule has 0 radical (unpaired) electrons. The van der Waals surface area contributed by atoms with Gasteiger partial charge in [0.1, 0.15) is 0 Å². The van der Waals surface area contributed by atoms with E-state index in [9.17, 15) is 10.1 Å². The van der Waals surface area contributed by atoms with E-state index in [0.29, 0.717) is 12.2 Å². The number of hydrogen-bond acceptors (Lipinski definition) is 5. The van der Waals surface area contributed by atoms with Gasteiger partial charge in [-0.15, -0.1) is 0 Å². The van der Waals surface area contributed by atoms with Gasteiger partial charge in [0.15, 0.2) is 11.9 Å². The van der Waals surface area contributed by atoms with Crippen molar-refractivity contribution in [3.05, 3.63) is 57.5 Å². The molecule has 1 aromatic carbocycles. The van der Waals surface area contributed by atoms with E-state index in [0.717, 1.165) is 0 Å². The van der Waals surface area contributed by atoms with E-state index in [-0.39, 0.29) is 11.5 Å².